The number of benzene rings is 1. The van der Waals surface area contributed by atoms with Crippen molar-refractivity contribution in [1.82, 2.24) is 0 Å². The summed E-state index contributed by atoms with van der Waals surface area (Å²) in [5.41, 5.74) is 0. The summed E-state index contributed by atoms with van der Waals surface area (Å²) in [4.78, 5) is 1.65. The second-order valence-electron chi connectivity index (χ2n) is 4.77. The fourth-order valence-corrected chi connectivity index (χ4v) is 6.97. The van der Waals surface area contributed by atoms with Crippen molar-refractivity contribution in [3.8, 4) is 0 Å². The molecule has 0 unspecified atom stereocenters. The van der Waals surface area contributed by atoms with Gasteiger partial charge in [0, 0.05) is 0 Å². The van der Waals surface area contributed by atoms with Gasteiger partial charge in [0.1, 0.15) is 0 Å². The van der Waals surface area contributed by atoms with E-state index in [1.165, 1.54) is 30.8 Å². The highest BCUT2D eigenvalue weighted by atomic mass is 32.3. The van der Waals surface area contributed by atoms with Crippen LogP contribution in [0, 0.1) is 0 Å². The monoisotopic (exact) mass is 222 g/mol. The van der Waals surface area contributed by atoms with Crippen LogP contribution < -0.4 is 0 Å². The van der Waals surface area contributed by atoms with Crippen LogP contribution in [0.2, 0.25) is 0 Å². The minimum absolute atomic E-state index is 0.493. The van der Waals surface area contributed by atoms with E-state index in [9.17, 15) is 0 Å². The fourth-order valence-electron chi connectivity index (χ4n) is 2.67. The Morgan fingerprint density at radius 1 is 0.933 bits per heavy atom. The number of rotatable bonds is 2. The van der Waals surface area contributed by atoms with Crippen LogP contribution in [0.1, 0.15) is 33.1 Å². The van der Waals surface area contributed by atoms with Crippen LogP contribution in [0.25, 0.3) is 0 Å². The van der Waals surface area contributed by atoms with Crippen LogP contribution in [0.3, 0.4) is 0 Å². The van der Waals surface area contributed by atoms with E-state index in [1.807, 2.05) is 0 Å². The van der Waals surface area contributed by atoms with E-state index in [4.69, 9.17) is 0 Å². The summed E-state index contributed by atoms with van der Waals surface area (Å²) >= 11 is 0. The third-order valence-electron chi connectivity index (χ3n) is 3.63. The zero-order valence-corrected chi connectivity index (χ0v) is 10.7. The molecule has 1 heteroatoms. The fraction of sp³-hybridized carbons (Fsp3) is 0.571. The molecule has 1 aromatic carbocycles. The number of hydrogen-bond acceptors (Lipinski definition) is 0. The second-order valence-corrected chi connectivity index (χ2v) is 8.89. The van der Waals surface area contributed by atoms with Gasteiger partial charge in [0.05, 0.1) is 0 Å². The molecule has 1 heterocycles. The van der Waals surface area contributed by atoms with Crippen molar-refractivity contribution in [3.63, 3.8) is 0 Å². The summed E-state index contributed by atoms with van der Waals surface area (Å²) in [6.07, 6.45) is 4.35. The first-order chi connectivity index (χ1) is 7.26. The average Bonchev–Trinajstić information content (AvgIpc) is 2.31. The van der Waals surface area contributed by atoms with Crippen molar-refractivity contribution in [3.05, 3.63) is 30.3 Å². The molecule has 1 aromatic rings. The molecule has 84 valence electrons. The smallest absolute Gasteiger partial charge is 0.00968 e. The lowest BCUT2D eigenvalue weighted by molar-refractivity contribution is 0.744. The highest BCUT2D eigenvalue weighted by Gasteiger charge is 2.31. The lowest BCUT2D eigenvalue weighted by Crippen LogP contribution is -2.23. The molecule has 0 atom stereocenters. The molecule has 0 spiro atoms. The Balaban J connectivity index is 2.34. The van der Waals surface area contributed by atoms with Gasteiger partial charge >= 0.3 is 0 Å². The predicted molar refractivity (Wildman–Crippen MR) is 71.0 cm³/mol. The Labute approximate surface area is 95.4 Å². The van der Waals surface area contributed by atoms with E-state index in [1.54, 1.807) is 4.90 Å². The van der Waals surface area contributed by atoms with E-state index in [-0.39, 0.29) is 0 Å². The Morgan fingerprint density at radius 2 is 1.53 bits per heavy atom. The largest absolute Gasteiger partial charge is 0.212 e. The summed E-state index contributed by atoms with van der Waals surface area (Å²) in [7, 11) is -0.493. The molecule has 0 saturated carbocycles. The van der Waals surface area contributed by atoms with Gasteiger partial charge in [0.15, 0.2) is 0 Å². The maximum Gasteiger partial charge on any atom is -0.00968 e. The SMILES string of the molecule is CC(C)S1(c2ccccc2)CCCCC1. The molecule has 0 aromatic heterocycles. The zero-order chi connectivity index (χ0) is 10.7. The van der Waals surface area contributed by atoms with E-state index in [0.29, 0.717) is 0 Å². The van der Waals surface area contributed by atoms with Crippen molar-refractivity contribution in [2.24, 2.45) is 0 Å². The van der Waals surface area contributed by atoms with Gasteiger partial charge in [-0.2, -0.15) is 0 Å². The van der Waals surface area contributed by atoms with Crippen molar-refractivity contribution >= 4 is 10.0 Å². The molecule has 2 rings (SSSR count). The summed E-state index contributed by atoms with van der Waals surface area (Å²) in [6.45, 7) is 4.85. The average molecular weight is 222 g/mol. The molecule has 0 N–H and O–H groups in total. The summed E-state index contributed by atoms with van der Waals surface area (Å²) < 4.78 is 0. The topological polar surface area (TPSA) is 0 Å². The molecule has 15 heavy (non-hydrogen) atoms. The van der Waals surface area contributed by atoms with Crippen molar-refractivity contribution in [1.29, 1.82) is 0 Å². The first-order valence-electron chi connectivity index (χ1n) is 6.08. The highest BCUT2D eigenvalue weighted by Crippen LogP contribution is 2.62. The molecule has 1 aliphatic heterocycles. The zero-order valence-electron chi connectivity index (χ0n) is 9.91. The third kappa shape index (κ3) is 2.08. The highest BCUT2D eigenvalue weighted by molar-refractivity contribution is 8.34. The van der Waals surface area contributed by atoms with Crippen molar-refractivity contribution in [2.75, 3.05) is 11.5 Å². The van der Waals surface area contributed by atoms with Crippen LogP contribution in [-0.2, 0) is 0 Å². The van der Waals surface area contributed by atoms with E-state index >= 15 is 0 Å². The summed E-state index contributed by atoms with van der Waals surface area (Å²) in [6, 6.07) is 11.3. The van der Waals surface area contributed by atoms with E-state index < -0.39 is 10.0 Å². The molecule has 1 aliphatic rings. The van der Waals surface area contributed by atoms with Gasteiger partial charge in [0.25, 0.3) is 0 Å². The van der Waals surface area contributed by atoms with Crippen LogP contribution in [0.15, 0.2) is 35.2 Å². The lowest BCUT2D eigenvalue weighted by Gasteiger charge is -2.47. The molecular weight excluding hydrogens is 200 g/mol. The van der Waals surface area contributed by atoms with Gasteiger partial charge in [-0.15, -0.1) is 0 Å². The molecule has 0 nitrogen and oxygen atoms in total. The Hall–Kier alpha value is -0.430. The van der Waals surface area contributed by atoms with Crippen LogP contribution in [0.5, 0.6) is 0 Å². The molecule has 0 amide bonds. The van der Waals surface area contributed by atoms with Gasteiger partial charge in [-0.25, -0.2) is 10.0 Å². The van der Waals surface area contributed by atoms with Crippen LogP contribution >= 0.6 is 10.0 Å². The van der Waals surface area contributed by atoms with Gasteiger partial charge in [-0.05, 0) is 34.5 Å². The summed E-state index contributed by atoms with van der Waals surface area (Å²) in [5.74, 6) is 2.93. The summed E-state index contributed by atoms with van der Waals surface area (Å²) in [5, 5.41) is 0.847. The molecule has 0 bridgehead atoms. The normalized spacial score (nSPS) is 22.6. The minimum atomic E-state index is -0.493. The van der Waals surface area contributed by atoms with Crippen LogP contribution in [-0.4, -0.2) is 16.8 Å². The quantitative estimate of drug-likeness (QED) is 0.694. The first-order valence-corrected chi connectivity index (χ1v) is 8.12. The Morgan fingerprint density at radius 3 is 2.07 bits per heavy atom. The molecular formula is C14H22S. The third-order valence-corrected chi connectivity index (χ3v) is 8.68. The Bertz CT molecular complexity index is 296. The number of hydrogen-bond donors (Lipinski definition) is 0. The maximum atomic E-state index is 2.42. The van der Waals surface area contributed by atoms with Gasteiger partial charge in [-0.1, -0.05) is 50.6 Å². The van der Waals surface area contributed by atoms with Gasteiger partial charge in [-0.3, -0.25) is 0 Å². The van der Waals surface area contributed by atoms with Gasteiger partial charge in [0.2, 0.25) is 0 Å². The minimum Gasteiger partial charge on any atom is -0.212 e. The maximum absolute atomic E-state index is 2.42. The second kappa shape index (κ2) is 4.61. The van der Waals surface area contributed by atoms with Gasteiger partial charge < -0.3 is 0 Å². The molecule has 0 radical (unpaired) electrons. The first kappa shape index (κ1) is 11.1. The van der Waals surface area contributed by atoms with Crippen LogP contribution in [0.4, 0.5) is 0 Å². The molecule has 1 saturated heterocycles. The van der Waals surface area contributed by atoms with E-state index in [0.717, 1.165) is 5.25 Å². The van der Waals surface area contributed by atoms with E-state index in [2.05, 4.69) is 44.2 Å². The molecule has 0 aliphatic carbocycles. The lowest BCUT2D eigenvalue weighted by atomic mass is 10.3. The Kier molecular flexibility index (Phi) is 3.40. The standard InChI is InChI=1S/C14H22S/c1-13(2)15(11-7-4-8-12-15)14-9-5-3-6-10-14/h3,5-6,9-10,13H,4,7-8,11-12H2,1-2H3. The van der Waals surface area contributed by atoms with Crippen molar-refractivity contribution < 1.29 is 0 Å². The predicted octanol–water partition coefficient (Wildman–Crippen LogP) is 4.44. The molecule has 1 fully saturated rings. The van der Waals surface area contributed by atoms with Crippen molar-refractivity contribution in [2.45, 2.75) is 43.3 Å².